The van der Waals surface area contributed by atoms with E-state index in [2.05, 4.69) is 20.6 Å². The lowest BCUT2D eigenvalue weighted by Gasteiger charge is -2.08. The standard InChI is InChI=1S/C17H13FN4O/c18-13-8-4-5-9-14(13)22-17(23)15-10-16(20-11-19-15)21-12-6-2-1-3-7-12/h1-11H,(H,22,23)(H,19,20,21). The number of carbonyl (C=O) groups is 1. The average molecular weight is 308 g/mol. The highest BCUT2D eigenvalue weighted by atomic mass is 19.1. The molecule has 3 aromatic rings. The number of hydrogen-bond acceptors (Lipinski definition) is 4. The number of amides is 1. The van der Waals surface area contributed by atoms with Gasteiger partial charge in [-0.25, -0.2) is 14.4 Å². The highest BCUT2D eigenvalue weighted by Crippen LogP contribution is 2.16. The van der Waals surface area contributed by atoms with Crippen LogP contribution in [-0.4, -0.2) is 15.9 Å². The lowest BCUT2D eigenvalue weighted by Crippen LogP contribution is -2.15. The van der Waals surface area contributed by atoms with E-state index >= 15 is 0 Å². The second-order valence-electron chi connectivity index (χ2n) is 4.71. The van der Waals surface area contributed by atoms with Gasteiger partial charge in [0.25, 0.3) is 5.91 Å². The number of benzene rings is 2. The normalized spacial score (nSPS) is 10.1. The Balaban J connectivity index is 1.77. The average Bonchev–Trinajstić information content (AvgIpc) is 2.58. The third-order valence-electron chi connectivity index (χ3n) is 3.07. The minimum absolute atomic E-state index is 0.105. The molecule has 0 bridgehead atoms. The number of anilines is 3. The van der Waals surface area contributed by atoms with Crippen molar-refractivity contribution in [1.82, 2.24) is 9.97 Å². The van der Waals surface area contributed by atoms with Gasteiger partial charge in [-0.2, -0.15) is 0 Å². The van der Waals surface area contributed by atoms with Crippen LogP contribution in [0.5, 0.6) is 0 Å². The SMILES string of the molecule is O=C(Nc1ccccc1F)c1cc(Nc2ccccc2)ncn1. The monoisotopic (exact) mass is 308 g/mol. The first-order chi connectivity index (χ1) is 11.2. The molecule has 1 heterocycles. The first-order valence-electron chi connectivity index (χ1n) is 6.92. The Labute approximate surface area is 132 Å². The molecule has 2 aromatic carbocycles. The first kappa shape index (κ1) is 14.6. The highest BCUT2D eigenvalue weighted by Gasteiger charge is 2.11. The molecular weight excluding hydrogens is 295 g/mol. The van der Waals surface area contributed by atoms with Crippen molar-refractivity contribution in [1.29, 1.82) is 0 Å². The number of para-hydroxylation sites is 2. The van der Waals surface area contributed by atoms with E-state index in [4.69, 9.17) is 0 Å². The number of nitrogens with zero attached hydrogens (tertiary/aromatic N) is 2. The molecule has 114 valence electrons. The van der Waals surface area contributed by atoms with Crippen LogP contribution in [-0.2, 0) is 0 Å². The quantitative estimate of drug-likeness (QED) is 0.772. The summed E-state index contributed by atoms with van der Waals surface area (Å²) in [5, 5.41) is 5.55. The molecule has 0 unspecified atom stereocenters. The zero-order chi connectivity index (χ0) is 16.1. The zero-order valence-corrected chi connectivity index (χ0v) is 12.0. The molecule has 0 fully saturated rings. The highest BCUT2D eigenvalue weighted by molar-refractivity contribution is 6.03. The molecule has 1 aromatic heterocycles. The smallest absolute Gasteiger partial charge is 0.274 e. The molecule has 0 aliphatic heterocycles. The summed E-state index contributed by atoms with van der Waals surface area (Å²) in [6.07, 6.45) is 1.28. The lowest BCUT2D eigenvalue weighted by atomic mass is 10.3. The predicted molar refractivity (Wildman–Crippen MR) is 86.1 cm³/mol. The van der Waals surface area contributed by atoms with Crippen molar-refractivity contribution in [2.24, 2.45) is 0 Å². The van der Waals surface area contributed by atoms with Gasteiger partial charge in [0, 0.05) is 11.8 Å². The van der Waals surface area contributed by atoms with Crippen molar-refractivity contribution in [2.45, 2.75) is 0 Å². The van der Waals surface area contributed by atoms with Crippen LogP contribution in [0.2, 0.25) is 0 Å². The van der Waals surface area contributed by atoms with Crippen LogP contribution in [0.1, 0.15) is 10.5 Å². The molecule has 3 rings (SSSR count). The molecule has 0 atom stereocenters. The van der Waals surface area contributed by atoms with Gasteiger partial charge in [-0.3, -0.25) is 4.79 Å². The van der Waals surface area contributed by atoms with Crippen molar-refractivity contribution < 1.29 is 9.18 Å². The van der Waals surface area contributed by atoms with E-state index < -0.39 is 11.7 Å². The number of carbonyl (C=O) groups excluding carboxylic acids is 1. The van der Waals surface area contributed by atoms with Gasteiger partial charge < -0.3 is 10.6 Å². The summed E-state index contributed by atoms with van der Waals surface area (Å²) < 4.78 is 13.6. The summed E-state index contributed by atoms with van der Waals surface area (Å²) in [5.74, 6) is -0.531. The molecule has 23 heavy (non-hydrogen) atoms. The van der Waals surface area contributed by atoms with Gasteiger partial charge >= 0.3 is 0 Å². The van der Waals surface area contributed by atoms with Crippen molar-refractivity contribution in [3.8, 4) is 0 Å². The first-order valence-corrected chi connectivity index (χ1v) is 6.92. The number of halogens is 1. The summed E-state index contributed by atoms with van der Waals surface area (Å²) in [5.41, 5.74) is 1.09. The topological polar surface area (TPSA) is 66.9 Å². The van der Waals surface area contributed by atoms with Crippen molar-refractivity contribution in [3.05, 3.63) is 78.5 Å². The maximum absolute atomic E-state index is 13.6. The molecular formula is C17H13FN4O. The van der Waals surface area contributed by atoms with Crippen LogP contribution in [0.15, 0.2) is 67.0 Å². The van der Waals surface area contributed by atoms with Crippen molar-refractivity contribution >= 4 is 23.1 Å². The molecule has 0 saturated heterocycles. The zero-order valence-electron chi connectivity index (χ0n) is 12.0. The predicted octanol–water partition coefficient (Wildman–Crippen LogP) is 3.61. The third-order valence-corrected chi connectivity index (χ3v) is 3.07. The lowest BCUT2D eigenvalue weighted by molar-refractivity contribution is 0.102. The third kappa shape index (κ3) is 3.68. The van der Waals surface area contributed by atoms with Crippen LogP contribution >= 0.6 is 0 Å². The van der Waals surface area contributed by atoms with E-state index in [0.717, 1.165) is 5.69 Å². The molecule has 0 aliphatic rings. The van der Waals surface area contributed by atoms with E-state index in [-0.39, 0.29) is 11.4 Å². The van der Waals surface area contributed by atoms with Crippen LogP contribution in [0.25, 0.3) is 0 Å². The Morgan fingerprint density at radius 1 is 0.957 bits per heavy atom. The molecule has 0 aliphatic carbocycles. The van der Waals surface area contributed by atoms with Gasteiger partial charge in [0.05, 0.1) is 5.69 Å². The summed E-state index contributed by atoms with van der Waals surface area (Å²) in [4.78, 5) is 20.2. The van der Waals surface area contributed by atoms with Gasteiger partial charge in [-0.15, -0.1) is 0 Å². The fraction of sp³-hybridized carbons (Fsp3) is 0. The maximum atomic E-state index is 13.6. The van der Waals surface area contributed by atoms with E-state index in [0.29, 0.717) is 5.82 Å². The van der Waals surface area contributed by atoms with Gasteiger partial charge in [0.15, 0.2) is 0 Å². The van der Waals surface area contributed by atoms with Gasteiger partial charge in [-0.05, 0) is 24.3 Å². The number of aromatic nitrogens is 2. The van der Waals surface area contributed by atoms with E-state index in [9.17, 15) is 9.18 Å². The van der Waals surface area contributed by atoms with Gasteiger partial charge in [0.1, 0.15) is 23.7 Å². The largest absolute Gasteiger partial charge is 0.340 e. The second-order valence-corrected chi connectivity index (χ2v) is 4.71. The Morgan fingerprint density at radius 2 is 1.70 bits per heavy atom. The summed E-state index contributed by atoms with van der Waals surface area (Å²) in [6, 6.07) is 16.9. The number of hydrogen-bond donors (Lipinski definition) is 2. The summed E-state index contributed by atoms with van der Waals surface area (Å²) >= 11 is 0. The maximum Gasteiger partial charge on any atom is 0.274 e. The van der Waals surface area contributed by atoms with Crippen LogP contribution in [0, 0.1) is 5.82 Å². The van der Waals surface area contributed by atoms with E-state index in [1.807, 2.05) is 30.3 Å². The van der Waals surface area contributed by atoms with Crippen LogP contribution in [0.4, 0.5) is 21.6 Å². The minimum atomic E-state index is -0.506. The fourth-order valence-electron chi connectivity index (χ4n) is 1.97. The second kappa shape index (κ2) is 6.65. The van der Waals surface area contributed by atoms with E-state index in [1.165, 1.54) is 24.5 Å². The summed E-state index contributed by atoms with van der Waals surface area (Å²) in [6.45, 7) is 0. The number of nitrogens with one attached hydrogen (secondary N) is 2. The van der Waals surface area contributed by atoms with Crippen molar-refractivity contribution in [3.63, 3.8) is 0 Å². The fourth-order valence-corrected chi connectivity index (χ4v) is 1.97. The van der Waals surface area contributed by atoms with E-state index in [1.54, 1.807) is 12.1 Å². The van der Waals surface area contributed by atoms with Crippen molar-refractivity contribution in [2.75, 3.05) is 10.6 Å². The van der Waals surface area contributed by atoms with Crippen LogP contribution in [0.3, 0.4) is 0 Å². The molecule has 2 N–H and O–H groups in total. The minimum Gasteiger partial charge on any atom is -0.340 e. The molecule has 0 radical (unpaired) electrons. The Bertz CT molecular complexity index is 824. The molecule has 0 spiro atoms. The molecule has 6 heteroatoms. The molecule has 5 nitrogen and oxygen atoms in total. The van der Waals surface area contributed by atoms with Crippen LogP contribution < -0.4 is 10.6 Å². The Morgan fingerprint density at radius 3 is 2.48 bits per heavy atom. The van der Waals surface area contributed by atoms with Gasteiger partial charge in [-0.1, -0.05) is 30.3 Å². The van der Waals surface area contributed by atoms with Gasteiger partial charge in [0.2, 0.25) is 0 Å². The number of rotatable bonds is 4. The molecule has 1 amide bonds. The Kier molecular flexibility index (Phi) is 4.24. The molecule has 0 saturated carbocycles. The summed E-state index contributed by atoms with van der Waals surface area (Å²) in [7, 11) is 0. The Hall–Kier alpha value is -3.28.